The quantitative estimate of drug-likeness (QED) is 0.854. The molecular formula is C17H23FN2S. The molecule has 0 fully saturated rings. The van der Waals surface area contributed by atoms with Gasteiger partial charge in [0.05, 0.1) is 0 Å². The summed E-state index contributed by atoms with van der Waals surface area (Å²) in [4.78, 5) is 4.76. The monoisotopic (exact) mass is 306 g/mol. The summed E-state index contributed by atoms with van der Waals surface area (Å²) >= 11 is 1.83. The summed E-state index contributed by atoms with van der Waals surface area (Å²) in [5.74, 6) is -0.191. The fourth-order valence-electron chi connectivity index (χ4n) is 2.20. The number of rotatable bonds is 6. The summed E-state index contributed by atoms with van der Waals surface area (Å²) in [6.45, 7) is 8.16. The van der Waals surface area contributed by atoms with Crippen LogP contribution in [0.2, 0.25) is 0 Å². The zero-order chi connectivity index (χ0) is 15.4. The fourth-order valence-corrected chi connectivity index (χ4v) is 3.20. The first-order valence-electron chi connectivity index (χ1n) is 7.24. The first-order valence-corrected chi connectivity index (χ1v) is 8.05. The van der Waals surface area contributed by atoms with Crippen molar-refractivity contribution < 1.29 is 4.39 Å². The summed E-state index contributed by atoms with van der Waals surface area (Å²) in [5, 5.41) is 3.44. The largest absolute Gasteiger partial charge is 0.370 e. The molecule has 0 amide bonds. The molecule has 1 aromatic carbocycles. The van der Waals surface area contributed by atoms with Gasteiger partial charge in [0, 0.05) is 41.6 Å². The van der Waals surface area contributed by atoms with Crippen molar-refractivity contribution >= 4 is 17.0 Å². The highest BCUT2D eigenvalue weighted by Gasteiger charge is 2.09. The lowest BCUT2D eigenvalue weighted by Crippen LogP contribution is -2.21. The van der Waals surface area contributed by atoms with E-state index in [1.165, 1.54) is 21.4 Å². The van der Waals surface area contributed by atoms with Crippen LogP contribution in [0.1, 0.15) is 29.2 Å². The summed E-state index contributed by atoms with van der Waals surface area (Å²) in [6, 6.07) is 9.48. The normalized spacial score (nSPS) is 11.1. The molecule has 0 aliphatic rings. The van der Waals surface area contributed by atoms with Gasteiger partial charge < -0.3 is 10.2 Å². The minimum Gasteiger partial charge on any atom is -0.370 e. The van der Waals surface area contributed by atoms with Crippen molar-refractivity contribution in [3.05, 3.63) is 51.5 Å². The zero-order valence-corrected chi connectivity index (χ0v) is 13.9. The van der Waals surface area contributed by atoms with Crippen LogP contribution in [0.3, 0.4) is 0 Å². The van der Waals surface area contributed by atoms with Crippen molar-refractivity contribution in [1.29, 1.82) is 0 Å². The highest BCUT2D eigenvalue weighted by atomic mass is 32.1. The molecule has 2 aromatic rings. The fraction of sp³-hybridized carbons (Fsp3) is 0.412. The number of anilines is 1. The standard InChI is InChI=1S/C17H23FN2S/c1-12(2)19-10-17-8-14(13(3)21-17)11-20(4)16-7-5-6-15(18)9-16/h5-9,12,19H,10-11H2,1-4H3. The third-order valence-electron chi connectivity index (χ3n) is 3.41. The van der Waals surface area contributed by atoms with E-state index >= 15 is 0 Å². The Kier molecular flexibility index (Phi) is 5.37. The number of halogens is 1. The Morgan fingerprint density at radius 1 is 1.29 bits per heavy atom. The van der Waals surface area contributed by atoms with Crippen LogP contribution in [0, 0.1) is 12.7 Å². The molecule has 2 nitrogen and oxygen atoms in total. The molecule has 1 N–H and O–H groups in total. The van der Waals surface area contributed by atoms with Gasteiger partial charge in [-0.05, 0) is 36.8 Å². The van der Waals surface area contributed by atoms with E-state index in [9.17, 15) is 4.39 Å². The molecule has 1 aromatic heterocycles. The first-order chi connectivity index (χ1) is 9.95. The Morgan fingerprint density at radius 2 is 2.05 bits per heavy atom. The maximum atomic E-state index is 13.3. The van der Waals surface area contributed by atoms with E-state index in [1.54, 1.807) is 12.1 Å². The lowest BCUT2D eigenvalue weighted by molar-refractivity contribution is 0.593. The van der Waals surface area contributed by atoms with Gasteiger partial charge in [0.15, 0.2) is 0 Å². The molecule has 0 aliphatic carbocycles. The maximum Gasteiger partial charge on any atom is 0.125 e. The van der Waals surface area contributed by atoms with Gasteiger partial charge in [0.25, 0.3) is 0 Å². The van der Waals surface area contributed by atoms with Crippen LogP contribution in [-0.2, 0) is 13.1 Å². The molecule has 21 heavy (non-hydrogen) atoms. The molecule has 0 saturated heterocycles. The second kappa shape index (κ2) is 7.05. The van der Waals surface area contributed by atoms with Crippen molar-refractivity contribution in [3.63, 3.8) is 0 Å². The lowest BCUT2D eigenvalue weighted by Gasteiger charge is -2.19. The van der Waals surface area contributed by atoms with Crippen LogP contribution < -0.4 is 10.2 Å². The molecule has 1 heterocycles. The molecule has 4 heteroatoms. The number of nitrogens with one attached hydrogen (secondary N) is 1. The average molecular weight is 306 g/mol. The topological polar surface area (TPSA) is 15.3 Å². The molecule has 0 bridgehead atoms. The molecule has 0 atom stereocenters. The van der Waals surface area contributed by atoms with Crippen LogP contribution >= 0.6 is 11.3 Å². The number of nitrogens with zero attached hydrogens (tertiary/aromatic N) is 1. The van der Waals surface area contributed by atoms with Crippen molar-refractivity contribution in [1.82, 2.24) is 5.32 Å². The van der Waals surface area contributed by atoms with Gasteiger partial charge in [0.2, 0.25) is 0 Å². The van der Waals surface area contributed by atoms with E-state index in [4.69, 9.17) is 0 Å². The van der Waals surface area contributed by atoms with Gasteiger partial charge in [-0.15, -0.1) is 11.3 Å². The summed E-state index contributed by atoms with van der Waals surface area (Å²) in [5.41, 5.74) is 2.22. The van der Waals surface area contributed by atoms with E-state index in [0.717, 1.165) is 18.8 Å². The highest BCUT2D eigenvalue weighted by molar-refractivity contribution is 7.12. The Bertz CT molecular complexity index is 592. The van der Waals surface area contributed by atoms with Crippen LogP contribution in [0.25, 0.3) is 0 Å². The molecule has 0 aliphatic heterocycles. The van der Waals surface area contributed by atoms with Crippen molar-refractivity contribution in [3.8, 4) is 0 Å². The predicted octanol–water partition coefficient (Wildman–Crippen LogP) is 4.33. The van der Waals surface area contributed by atoms with Crippen molar-refractivity contribution in [2.45, 2.75) is 39.9 Å². The van der Waals surface area contributed by atoms with Crippen LogP contribution in [0.15, 0.2) is 30.3 Å². The molecule has 0 spiro atoms. The molecular weight excluding hydrogens is 283 g/mol. The summed E-state index contributed by atoms with van der Waals surface area (Å²) < 4.78 is 13.3. The molecule has 2 rings (SSSR count). The Balaban J connectivity index is 2.05. The Morgan fingerprint density at radius 3 is 2.71 bits per heavy atom. The molecule has 0 radical (unpaired) electrons. The van der Waals surface area contributed by atoms with E-state index in [2.05, 4.69) is 37.1 Å². The highest BCUT2D eigenvalue weighted by Crippen LogP contribution is 2.25. The van der Waals surface area contributed by atoms with Gasteiger partial charge in [-0.2, -0.15) is 0 Å². The predicted molar refractivity (Wildman–Crippen MR) is 89.5 cm³/mol. The number of hydrogen-bond acceptors (Lipinski definition) is 3. The Hall–Kier alpha value is -1.39. The molecule has 0 saturated carbocycles. The lowest BCUT2D eigenvalue weighted by atomic mass is 10.2. The number of aryl methyl sites for hydroxylation is 1. The molecule has 0 unspecified atom stereocenters. The summed E-state index contributed by atoms with van der Waals surface area (Å²) in [6.07, 6.45) is 0. The van der Waals surface area contributed by atoms with E-state index in [1.807, 2.05) is 24.5 Å². The van der Waals surface area contributed by atoms with Crippen LogP contribution in [0.4, 0.5) is 10.1 Å². The van der Waals surface area contributed by atoms with Crippen LogP contribution in [-0.4, -0.2) is 13.1 Å². The van der Waals surface area contributed by atoms with Crippen molar-refractivity contribution in [2.24, 2.45) is 0 Å². The van der Waals surface area contributed by atoms with E-state index in [-0.39, 0.29) is 5.82 Å². The van der Waals surface area contributed by atoms with Gasteiger partial charge in [-0.3, -0.25) is 0 Å². The van der Waals surface area contributed by atoms with Gasteiger partial charge in [-0.25, -0.2) is 4.39 Å². The average Bonchev–Trinajstić information content (AvgIpc) is 2.77. The smallest absolute Gasteiger partial charge is 0.125 e. The van der Waals surface area contributed by atoms with E-state index in [0.29, 0.717) is 6.04 Å². The number of benzene rings is 1. The second-order valence-electron chi connectivity index (χ2n) is 5.67. The third kappa shape index (κ3) is 4.55. The molecule has 114 valence electrons. The van der Waals surface area contributed by atoms with Crippen molar-refractivity contribution in [2.75, 3.05) is 11.9 Å². The maximum absolute atomic E-state index is 13.3. The number of thiophene rings is 1. The first kappa shape index (κ1) is 16.0. The zero-order valence-electron chi connectivity index (χ0n) is 13.1. The minimum absolute atomic E-state index is 0.191. The summed E-state index contributed by atoms with van der Waals surface area (Å²) in [7, 11) is 2.00. The Labute approximate surface area is 130 Å². The minimum atomic E-state index is -0.191. The second-order valence-corrected chi connectivity index (χ2v) is 7.01. The van der Waals surface area contributed by atoms with Crippen LogP contribution in [0.5, 0.6) is 0 Å². The number of hydrogen-bond donors (Lipinski definition) is 1. The van der Waals surface area contributed by atoms with E-state index < -0.39 is 0 Å². The third-order valence-corrected chi connectivity index (χ3v) is 4.51. The van der Waals surface area contributed by atoms with Gasteiger partial charge >= 0.3 is 0 Å². The SMILES string of the molecule is Cc1sc(CNC(C)C)cc1CN(C)c1cccc(F)c1. The van der Waals surface area contributed by atoms with Gasteiger partial charge in [0.1, 0.15) is 5.82 Å². The van der Waals surface area contributed by atoms with Gasteiger partial charge in [-0.1, -0.05) is 19.9 Å².